The molecule has 1 N–H and O–H groups in total. The molecule has 2 fully saturated rings. The molecule has 2 aliphatic heterocycles. The number of halogens is 1. The van der Waals surface area contributed by atoms with Gasteiger partial charge in [0.1, 0.15) is 23.8 Å². The summed E-state index contributed by atoms with van der Waals surface area (Å²) in [5.74, 6) is 0.0386. The third-order valence-electron chi connectivity index (χ3n) is 4.12. The molecular formula is C16H21FN2O4. The summed E-state index contributed by atoms with van der Waals surface area (Å²) in [5, 5.41) is 10.1. The van der Waals surface area contributed by atoms with Gasteiger partial charge >= 0.3 is 0 Å². The summed E-state index contributed by atoms with van der Waals surface area (Å²) in [7, 11) is 0. The van der Waals surface area contributed by atoms with Crippen molar-refractivity contribution in [3.63, 3.8) is 0 Å². The molecule has 1 aromatic carbocycles. The van der Waals surface area contributed by atoms with Gasteiger partial charge in [0.05, 0.1) is 19.8 Å². The minimum Gasteiger partial charge on any atom is -0.486 e. The maximum Gasteiger partial charge on any atom is 0.236 e. The molecule has 0 unspecified atom stereocenters. The molecule has 6 nitrogen and oxygen atoms in total. The monoisotopic (exact) mass is 324 g/mol. The molecule has 2 atom stereocenters. The SMILES string of the molecule is O=C(CN1C[C@@H](O)[C@H](Oc2cccc(F)c2)C1)N1CCOCC1. The molecule has 1 aromatic rings. The van der Waals surface area contributed by atoms with Crippen LogP contribution >= 0.6 is 0 Å². The van der Waals surface area contributed by atoms with Gasteiger partial charge in [0.2, 0.25) is 5.91 Å². The van der Waals surface area contributed by atoms with Crippen LogP contribution in [0.5, 0.6) is 5.75 Å². The quantitative estimate of drug-likeness (QED) is 0.852. The first-order valence-electron chi connectivity index (χ1n) is 7.80. The van der Waals surface area contributed by atoms with Gasteiger partial charge in [0, 0.05) is 32.2 Å². The summed E-state index contributed by atoms with van der Waals surface area (Å²) >= 11 is 0. The number of aliphatic hydroxyl groups is 1. The molecule has 1 amide bonds. The van der Waals surface area contributed by atoms with Crippen LogP contribution in [0.1, 0.15) is 0 Å². The highest BCUT2D eigenvalue weighted by atomic mass is 19.1. The third-order valence-corrected chi connectivity index (χ3v) is 4.12. The van der Waals surface area contributed by atoms with E-state index in [9.17, 15) is 14.3 Å². The topological polar surface area (TPSA) is 62.2 Å². The number of hydrogen-bond donors (Lipinski definition) is 1. The maximum absolute atomic E-state index is 13.2. The second kappa shape index (κ2) is 7.25. The number of ether oxygens (including phenoxy) is 2. The molecular weight excluding hydrogens is 303 g/mol. The molecule has 0 bridgehead atoms. The molecule has 23 heavy (non-hydrogen) atoms. The minimum atomic E-state index is -0.698. The van der Waals surface area contributed by atoms with Crippen molar-refractivity contribution >= 4 is 5.91 Å². The summed E-state index contributed by atoms with van der Waals surface area (Å²) < 4.78 is 24.1. The smallest absolute Gasteiger partial charge is 0.236 e. The van der Waals surface area contributed by atoms with Crippen molar-refractivity contribution in [2.45, 2.75) is 12.2 Å². The first kappa shape index (κ1) is 16.2. The summed E-state index contributed by atoms with van der Waals surface area (Å²) in [6, 6.07) is 5.84. The average molecular weight is 324 g/mol. The van der Waals surface area contributed by atoms with Crippen molar-refractivity contribution in [2.75, 3.05) is 45.9 Å². The zero-order valence-electron chi connectivity index (χ0n) is 12.9. The van der Waals surface area contributed by atoms with Gasteiger partial charge in [0.15, 0.2) is 0 Å². The van der Waals surface area contributed by atoms with Gasteiger partial charge in [-0.2, -0.15) is 0 Å². The lowest BCUT2D eigenvalue weighted by molar-refractivity contribution is -0.136. The van der Waals surface area contributed by atoms with Crippen molar-refractivity contribution in [1.82, 2.24) is 9.80 Å². The number of carbonyl (C=O) groups excluding carboxylic acids is 1. The highest BCUT2D eigenvalue weighted by Gasteiger charge is 2.34. The average Bonchev–Trinajstić information content (AvgIpc) is 2.87. The Morgan fingerprint density at radius 3 is 2.87 bits per heavy atom. The van der Waals surface area contributed by atoms with Crippen molar-refractivity contribution in [2.24, 2.45) is 0 Å². The number of rotatable bonds is 4. The minimum absolute atomic E-state index is 0.0342. The number of nitrogens with zero attached hydrogens (tertiary/aromatic N) is 2. The highest BCUT2D eigenvalue weighted by molar-refractivity contribution is 5.78. The van der Waals surface area contributed by atoms with Crippen LogP contribution in [0.15, 0.2) is 24.3 Å². The van der Waals surface area contributed by atoms with Gasteiger partial charge < -0.3 is 19.5 Å². The Bertz CT molecular complexity index is 551. The lowest BCUT2D eigenvalue weighted by Gasteiger charge is -2.28. The van der Waals surface area contributed by atoms with E-state index in [4.69, 9.17) is 9.47 Å². The number of β-amino-alcohol motifs (C(OH)–C–C–N with tert-alkyl or cyclic N) is 1. The van der Waals surface area contributed by atoms with Crippen molar-refractivity contribution in [3.05, 3.63) is 30.1 Å². The van der Waals surface area contributed by atoms with Crippen LogP contribution < -0.4 is 4.74 Å². The van der Waals surface area contributed by atoms with E-state index in [0.717, 1.165) is 0 Å². The van der Waals surface area contributed by atoms with E-state index < -0.39 is 12.2 Å². The Kier molecular flexibility index (Phi) is 5.09. The summed E-state index contributed by atoms with van der Waals surface area (Å²) in [5.41, 5.74) is 0. The van der Waals surface area contributed by atoms with E-state index in [-0.39, 0.29) is 18.3 Å². The lowest BCUT2D eigenvalue weighted by atomic mass is 10.2. The molecule has 0 spiro atoms. The van der Waals surface area contributed by atoms with Gasteiger partial charge in [-0.15, -0.1) is 0 Å². The number of likely N-dealkylation sites (tertiary alicyclic amines) is 1. The van der Waals surface area contributed by atoms with Crippen LogP contribution in [0.3, 0.4) is 0 Å². The largest absolute Gasteiger partial charge is 0.486 e. The Morgan fingerprint density at radius 1 is 1.35 bits per heavy atom. The summed E-state index contributed by atoms with van der Waals surface area (Å²) in [4.78, 5) is 15.9. The van der Waals surface area contributed by atoms with Crippen LogP contribution in [0.25, 0.3) is 0 Å². The molecule has 3 rings (SSSR count). The molecule has 2 aliphatic rings. The Labute approximate surface area is 134 Å². The van der Waals surface area contributed by atoms with Crippen LogP contribution in [0.4, 0.5) is 4.39 Å². The second-order valence-electron chi connectivity index (χ2n) is 5.87. The first-order valence-corrected chi connectivity index (χ1v) is 7.80. The number of hydrogen-bond acceptors (Lipinski definition) is 5. The van der Waals surface area contributed by atoms with E-state index in [1.807, 2.05) is 4.90 Å². The fourth-order valence-corrected chi connectivity index (χ4v) is 2.90. The molecule has 0 aromatic heterocycles. The molecule has 0 saturated carbocycles. The Balaban J connectivity index is 1.52. The zero-order valence-corrected chi connectivity index (χ0v) is 12.9. The van der Waals surface area contributed by atoms with Gasteiger partial charge in [-0.25, -0.2) is 4.39 Å². The molecule has 0 aliphatic carbocycles. The van der Waals surface area contributed by atoms with Gasteiger partial charge in [0.25, 0.3) is 0 Å². The number of aliphatic hydroxyl groups excluding tert-OH is 1. The van der Waals surface area contributed by atoms with Crippen LogP contribution in [-0.2, 0) is 9.53 Å². The van der Waals surface area contributed by atoms with E-state index in [1.54, 1.807) is 17.0 Å². The fraction of sp³-hybridized carbons (Fsp3) is 0.562. The third kappa shape index (κ3) is 4.19. The van der Waals surface area contributed by atoms with E-state index in [2.05, 4.69) is 0 Å². The predicted octanol–water partition coefficient (Wildman–Crippen LogP) is 0.108. The molecule has 2 heterocycles. The Morgan fingerprint density at radius 2 is 2.13 bits per heavy atom. The molecule has 0 radical (unpaired) electrons. The summed E-state index contributed by atoms with van der Waals surface area (Å²) in [6.07, 6.45) is -1.16. The van der Waals surface area contributed by atoms with Crippen LogP contribution in [0, 0.1) is 5.82 Å². The second-order valence-corrected chi connectivity index (χ2v) is 5.87. The van der Waals surface area contributed by atoms with Crippen molar-refractivity contribution in [1.29, 1.82) is 0 Å². The van der Waals surface area contributed by atoms with Crippen LogP contribution in [-0.4, -0.2) is 79.0 Å². The normalized spacial score (nSPS) is 25.6. The standard InChI is InChI=1S/C16H21FN2O4/c17-12-2-1-3-13(8-12)23-15-10-18(9-14(15)20)11-16(21)19-4-6-22-7-5-19/h1-3,8,14-15,20H,4-7,9-11H2/t14-,15-/m1/s1. The molecule has 2 saturated heterocycles. The number of amides is 1. The molecule has 7 heteroatoms. The molecule has 126 valence electrons. The van der Waals surface area contributed by atoms with E-state index >= 15 is 0 Å². The van der Waals surface area contributed by atoms with Crippen molar-refractivity contribution < 1.29 is 23.8 Å². The number of benzene rings is 1. The van der Waals surface area contributed by atoms with E-state index in [1.165, 1.54) is 12.1 Å². The number of carbonyl (C=O) groups is 1. The maximum atomic E-state index is 13.2. The van der Waals surface area contributed by atoms with Gasteiger partial charge in [-0.05, 0) is 12.1 Å². The lowest BCUT2D eigenvalue weighted by Crippen LogP contribution is -2.45. The van der Waals surface area contributed by atoms with Crippen molar-refractivity contribution in [3.8, 4) is 5.75 Å². The van der Waals surface area contributed by atoms with Gasteiger partial charge in [-0.1, -0.05) is 6.07 Å². The summed E-state index contributed by atoms with van der Waals surface area (Å²) in [6.45, 7) is 3.42. The predicted molar refractivity (Wildman–Crippen MR) is 80.7 cm³/mol. The number of morpholine rings is 1. The Hall–Kier alpha value is -1.70. The van der Waals surface area contributed by atoms with Crippen LogP contribution in [0.2, 0.25) is 0 Å². The first-order chi connectivity index (χ1) is 11.1. The zero-order chi connectivity index (χ0) is 16.2. The fourth-order valence-electron chi connectivity index (χ4n) is 2.90. The van der Waals surface area contributed by atoms with E-state index in [0.29, 0.717) is 45.1 Å². The van der Waals surface area contributed by atoms with Gasteiger partial charge in [-0.3, -0.25) is 9.69 Å². The highest BCUT2D eigenvalue weighted by Crippen LogP contribution is 2.19.